The zero-order valence-electron chi connectivity index (χ0n) is 13.0. The molecular weight excluding hydrogens is 348 g/mol. The van der Waals surface area contributed by atoms with E-state index in [1.807, 2.05) is 6.07 Å². The van der Waals surface area contributed by atoms with Gasteiger partial charge in [-0.05, 0) is 25.0 Å². The molecule has 2 saturated heterocycles. The molecule has 24 heavy (non-hydrogen) atoms. The molecule has 3 aliphatic heterocycles. The van der Waals surface area contributed by atoms with Gasteiger partial charge in [-0.3, -0.25) is 9.79 Å². The number of hydrogen-bond donors (Lipinski definition) is 1. The number of carbonyl (C=O) groups excluding carboxylic acids is 1. The normalized spacial score (nSPS) is 31.1. The number of aromatic hydroxyl groups is 1. The molecule has 2 fully saturated rings. The Morgan fingerprint density at radius 1 is 1.33 bits per heavy atom. The van der Waals surface area contributed by atoms with Crippen molar-refractivity contribution in [3.8, 4) is 5.75 Å². The van der Waals surface area contributed by atoms with Crippen molar-refractivity contribution < 1.29 is 18.3 Å². The first-order chi connectivity index (χ1) is 11.4. The number of hydrogen-bond acceptors (Lipinski definition) is 6. The van der Waals surface area contributed by atoms with Crippen LogP contribution in [0.2, 0.25) is 0 Å². The SMILES string of the molecule is O=C(C1CSC(c2ccccc2O)=N1)N1CCC12CCS(=O)(=O)C2. The Hall–Kier alpha value is -1.54. The van der Waals surface area contributed by atoms with Gasteiger partial charge in [0.05, 0.1) is 17.0 Å². The summed E-state index contributed by atoms with van der Waals surface area (Å²) in [7, 11) is -3.03. The number of phenols is 1. The van der Waals surface area contributed by atoms with E-state index in [-0.39, 0.29) is 23.2 Å². The van der Waals surface area contributed by atoms with Crippen LogP contribution in [-0.4, -0.2) is 64.8 Å². The maximum absolute atomic E-state index is 12.8. The molecule has 2 unspecified atom stereocenters. The highest BCUT2D eigenvalue weighted by Gasteiger charge is 2.55. The van der Waals surface area contributed by atoms with Gasteiger partial charge in [-0.25, -0.2) is 8.42 Å². The highest BCUT2D eigenvalue weighted by atomic mass is 32.2. The number of likely N-dealkylation sites (tertiary alicyclic amines) is 1. The van der Waals surface area contributed by atoms with E-state index in [4.69, 9.17) is 0 Å². The Morgan fingerprint density at radius 2 is 2.12 bits per heavy atom. The van der Waals surface area contributed by atoms with Crippen LogP contribution in [0.25, 0.3) is 0 Å². The number of nitrogens with zero attached hydrogens (tertiary/aromatic N) is 2. The number of para-hydroxylation sites is 1. The fraction of sp³-hybridized carbons (Fsp3) is 0.500. The lowest BCUT2D eigenvalue weighted by molar-refractivity contribution is -0.146. The van der Waals surface area contributed by atoms with E-state index < -0.39 is 21.4 Å². The minimum atomic E-state index is -3.03. The van der Waals surface area contributed by atoms with Crippen molar-refractivity contribution in [2.75, 3.05) is 23.8 Å². The second-order valence-electron chi connectivity index (χ2n) is 6.58. The summed E-state index contributed by atoms with van der Waals surface area (Å²) in [5.74, 6) is 0.849. The van der Waals surface area contributed by atoms with Crippen LogP contribution < -0.4 is 0 Å². The van der Waals surface area contributed by atoms with E-state index in [1.165, 1.54) is 11.8 Å². The van der Waals surface area contributed by atoms with Gasteiger partial charge in [-0.2, -0.15) is 0 Å². The molecule has 128 valence electrons. The fourth-order valence-electron chi connectivity index (χ4n) is 3.68. The minimum Gasteiger partial charge on any atom is -0.507 e. The van der Waals surface area contributed by atoms with Crippen LogP contribution in [0.3, 0.4) is 0 Å². The number of sulfone groups is 1. The van der Waals surface area contributed by atoms with Gasteiger partial charge in [0, 0.05) is 17.9 Å². The molecule has 0 bridgehead atoms. The van der Waals surface area contributed by atoms with Gasteiger partial charge in [0.15, 0.2) is 9.84 Å². The first kappa shape index (κ1) is 16.0. The van der Waals surface area contributed by atoms with Gasteiger partial charge in [-0.1, -0.05) is 12.1 Å². The third-order valence-electron chi connectivity index (χ3n) is 5.08. The van der Waals surface area contributed by atoms with E-state index in [1.54, 1.807) is 23.1 Å². The van der Waals surface area contributed by atoms with E-state index >= 15 is 0 Å². The second kappa shape index (κ2) is 5.49. The largest absolute Gasteiger partial charge is 0.507 e. The molecule has 0 radical (unpaired) electrons. The molecule has 2 atom stereocenters. The van der Waals surface area contributed by atoms with E-state index in [0.717, 1.165) is 6.42 Å². The Labute approximate surface area is 144 Å². The second-order valence-corrected chi connectivity index (χ2v) is 9.78. The summed E-state index contributed by atoms with van der Waals surface area (Å²) in [6, 6.07) is 6.45. The number of thioether (sulfide) groups is 1. The molecule has 3 aliphatic rings. The minimum absolute atomic E-state index is 0.0850. The van der Waals surface area contributed by atoms with Crippen molar-refractivity contribution in [3.05, 3.63) is 29.8 Å². The third-order valence-corrected chi connectivity index (χ3v) is 7.96. The van der Waals surface area contributed by atoms with Crippen LogP contribution in [0.5, 0.6) is 5.75 Å². The molecule has 1 aromatic rings. The Morgan fingerprint density at radius 3 is 2.75 bits per heavy atom. The number of amides is 1. The lowest BCUT2D eigenvalue weighted by atomic mass is 9.83. The summed E-state index contributed by atoms with van der Waals surface area (Å²) in [4.78, 5) is 19.0. The molecule has 3 heterocycles. The van der Waals surface area contributed by atoms with Crippen molar-refractivity contribution in [2.45, 2.75) is 24.4 Å². The first-order valence-electron chi connectivity index (χ1n) is 7.91. The lowest BCUT2D eigenvalue weighted by Gasteiger charge is -2.50. The van der Waals surface area contributed by atoms with Crippen molar-refractivity contribution in [1.29, 1.82) is 0 Å². The van der Waals surface area contributed by atoms with E-state index in [0.29, 0.717) is 29.3 Å². The van der Waals surface area contributed by atoms with Crippen LogP contribution in [0, 0.1) is 0 Å². The monoisotopic (exact) mass is 366 g/mol. The Kier molecular flexibility index (Phi) is 3.65. The topological polar surface area (TPSA) is 87.0 Å². The number of rotatable bonds is 2. The molecule has 1 amide bonds. The molecule has 4 rings (SSSR count). The molecule has 1 spiro atoms. The molecule has 6 nitrogen and oxygen atoms in total. The van der Waals surface area contributed by atoms with Crippen LogP contribution in [-0.2, 0) is 14.6 Å². The van der Waals surface area contributed by atoms with Crippen molar-refractivity contribution in [2.24, 2.45) is 4.99 Å². The zero-order valence-corrected chi connectivity index (χ0v) is 14.6. The lowest BCUT2D eigenvalue weighted by Crippen LogP contribution is -2.64. The summed E-state index contributed by atoms with van der Waals surface area (Å²) < 4.78 is 23.6. The van der Waals surface area contributed by atoms with Crippen LogP contribution in [0.4, 0.5) is 0 Å². The van der Waals surface area contributed by atoms with Crippen LogP contribution in [0.1, 0.15) is 18.4 Å². The predicted octanol–water partition coefficient (Wildman–Crippen LogP) is 1.04. The van der Waals surface area contributed by atoms with Crippen molar-refractivity contribution >= 4 is 32.6 Å². The molecule has 0 aliphatic carbocycles. The third kappa shape index (κ3) is 2.52. The standard InChI is InChI=1S/C16H18N2O4S2/c19-13-4-2-1-3-11(13)14-17-12(9-23-14)15(20)18-7-5-16(18)6-8-24(21,22)10-16/h1-4,12,19H,5-10H2. The maximum atomic E-state index is 12.8. The summed E-state index contributed by atoms with van der Waals surface area (Å²) >= 11 is 1.45. The van der Waals surface area contributed by atoms with Gasteiger partial charge >= 0.3 is 0 Å². The summed E-state index contributed by atoms with van der Waals surface area (Å²) in [5.41, 5.74) is 0.146. The highest BCUT2D eigenvalue weighted by molar-refractivity contribution is 8.14. The zero-order chi connectivity index (χ0) is 16.9. The molecule has 1 aromatic carbocycles. The Bertz CT molecular complexity index is 836. The van der Waals surface area contributed by atoms with Gasteiger partial charge < -0.3 is 10.0 Å². The molecular formula is C16H18N2O4S2. The van der Waals surface area contributed by atoms with Crippen LogP contribution >= 0.6 is 11.8 Å². The average Bonchev–Trinajstić information content (AvgIpc) is 3.12. The fourth-order valence-corrected chi connectivity index (χ4v) is 6.84. The van der Waals surface area contributed by atoms with Gasteiger partial charge in [-0.15, -0.1) is 11.8 Å². The summed E-state index contributed by atoms with van der Waals surface area (Å²) in [6.07, 6.45) is 1.30. The number of phenolic OH excluding ortho intramolecular Hbond substituents is 1. The van der Waals surface area contributed by atoms with Crippen LogP contribution in [0.15, 0.2) is 29.3 Å². The number of benzene rings is 1. The van der Waals surface area contributed by atoms with E-state index in [2.05, 4.69) is 4.99 Å². The van der Waals surface area contributed by atoms with Crippen molar-refractivity contribution in [3.63, 3.8) is 0 Å². The number of carbonyl (C=O) groups is 1. The molecule has 0 saturated carbocycles. The summed E-state index contributed by atoms with van der Waals surface area (Å²) in [5, 5.41) is 10.6. The smallest absolute Gasteiger partial charge is 0.248 e. The highest BCUT2D eigenvalue weighted by Crippen LogP contribution is 2.41. The molecule has 8 heteroatoms. The summed E-state index contributed by atoms with van der Waals surface area (Å²) in [6.45, 7) is 0.608. The molecule has 0 aromatic heterocycles. The van der Waals surface area contributed by atoms with Gasteiger partial charge in [0.1, 0.15) is 16.8 Å². The average molecular weight is 366 g/mol. The first-order valence-corrected chi connectivity index (χ1v) is 10.7. The predicted molar refractivity (Wildman–Crippen MR) is 93.2 cm³/mol. The quantitative estimate of drug-likeness (QED) is 0.845. The van der Waals surface area contributed by atoms with Crippen molar-refractivity contribution in [1.82, 2.24) is 4.90 Å². The molecule has 1 N–H and O–H groups in total. The van der Waals surface area contributed by atoms with Gasteiger partial charge in [0.25, 0.3) is 0 Å². The Balaban J connectivity index is 1.53. The maximum Gasteiger partial charge on any atom is 0.248 e. The van der Waals surface area contributed by atoms with E-state index in [9.17, 15) is 18.3 Å². The van der Waals surface area contributed by atoms with Gasteiger partial charge in [0.2, 0.25) is 5.91 Å². The number of aliphatic imine (C=N–C) groups is 1.